The largest absolute Gasteiger partial charge is 0.394 e. The van der Waals surface area contributed by atoms with Gasteiger partial charge in [-0.05, 0) is 0 Å². The Bertz CT molecular complexity index is 383. The third kappa shape index (κ3) is 3.80. The second-order valence-corrected chi connectivity index (χ2v) is 6.81. The van der Waals surface area contributed by atoms with E-state index in [0.717, 1.165) is 11.8 Å². The lowest BCUT2D eigenvalue weighted by Crippen LogP contribution is -2.61. The number of aliphatic hydroxyl groups excluding tert-OH is 8. The number of rotatable bonds is 4. The molecule has 0 aliphatic carbocycles. The zero-order valence-corrected chi connectivity index (χ0v) is 12.8. The van der Waals surface area contributed by atoms with Gasteiger partial charge in [0.2, 0.25) is 0 Å². The number of hydrogen-bond acceptors (Lipinski definition) is 11. The van der Waals surface area contributed by atoms with Crippen LogP contribution in [0.1, 0.15) is 0 Å². The third-order valence-electron chi connectivity index (χ3n) is 3.98. The molecular formula is C12H22O10S. The molecule has 2 fully saturated rings. The molecule has 2 rings (SSSR count). The summed E-state index contributed by atoms with van der Waals surface area (Å²) in [6, 6.07) is 0. The van der Waals surface area contributed by atoms with Crippen molar-refractivity contribution in [2.24, 2.45) is 0 Å². The Kier molecular flexibility index (Phi) is 6.61. The Morgan fingerprint density at radius 1 is 0.652 bits per heavy atom. The van der Waals surface area contributed by atoms with Crippen LogP contribution in [0.25, 0.3) is 0 Å². The first-order valence-corrected chi connectivity index (χ1v) is 8.02. The molecule has 0 bridgehead atoms. The van der Waals surface area contributed by atoms with Crippen LogP contribution in [-0.4, -0.2) is 114 Å². The Balaban J connectivity index is 2.11. The molecule has 10 nitrogen and oxygen atoms in total. The Morgan fingerprint density at radius 2 is 1.26 bits per heavy atom. The number of thioether (sulfide) groups is 1. The van der Waals surface area contributed by atoms with Gasteiger partial charge in [-0.1, -0.05) is 0 Å². The summed E-state index contributed by atoms with van der Waals surface area (Å²) in [5.41, 5.74) is -1.16. The summed E-state index contributed by atoms with van der Waals surface area (Å²) in [6.07, 6.45) is -11.6. The summed E-state index contributed by atoms with van der Waals surface area (Å²) >= 11 is 0.761. The number of hydrogen-bond donors (Lipinski definition) is 8. The minimum Gasteiger partial charge on any atom is -0.394 e. The van der Waals surface area contributed by atoms with Crippen molar-refractivity contribution in [3.63, 3.8) is 0 Å². The zero-order valence-electron chi connectivity index (χ0n) is 12.0. The Morgan fingerprint density at radius 3 is 1.83 bits per heavy atom. The van der Waals surface area contributed by atoms with Crippen LogP contribution in [0.4, 0.5) is 0 Å². The molecular weight excluding hydrogens is 336 g/mol. The van der Waals surface area contributed by atoms with Gasteiger partial charge in [-0.25, -0.2) is 0 Å². The van der Waals surface area contributed by atoms with E-state index in [1.807, 2.05) is 0 Å². The van der Waals surface area contributed by atoms with Gasteiger partial charge in [0.25, 0.3) is 0 Å². The zero-order chi connectivity index (χ0) is 17.3. The van der Waals surface area contributed by atoms with E-state index in [1.54, 1.807) is 0 Å². The van der Waals surface area contributed by atoms with Crippen LogP contribution in [-0.2, 0) is 9.47 Å². The lowest BCUT2D eigenvalue weighted by molar-refractivity contribution is -0.249. The second-order valence-electron chi connectivity index (χ2n) is 5.53. The quantitative estimate of drug-likeness (QED) is 0.242. The summed E-state index contributed by atoms with van der Waals surface area (Å²) < 4.78 is 10.3. The van der Waals surface area contributed by atoms with E-state index in [4.69, 9.17) is 14.6 Å². The molecule has 0 amide bonds. The average molecular weight is 358 g/mol. The molecule has 0 aromatic carbocycles. The second kappa shape index (κ2) is 7.89. The molecule has 23 heavy (non-hydrogen) atoms. The third-order valence-corrected chi connectivity index (χ3v) is 5.53. The van der Waals surface area contributed by atoms with E-state index in [-0.39, 0.29) is 0 Å². The SMILES string of the molecule is OC[C@@H]1O[C@@H](S[C@H]2[C@H](O)[C@H](O)[C@H](O)O[C@@H]2CO)[C@@H](O)[C@@H](O)[C@@H]1O. The molecule has 0 spiro atoms. The van der Waals surface area contributed by atoms with Gasteiger partial charge >= 0.3 is 0 Å². The molecule has 0 aromatic heterocycles. The van der Waals surface area contributed by atoms with Crippen LogP contribution in [0.15, 0.2) is 0 Å². The molecule has 8 N–H and O–H groups in total. The van der Waals surface area contributed by atoms with Crippen LogP contribution in [0.5, 0.6) is 0 Å². The summed E-state index contributed by atoms with van der Waals surface area (Å²) in [4.78, 5) is 0. The standard InChI is InChI=1S/C12H22O10S/c13-1-3-5(15)6(16)9(19)12(22-3)23-10-4(2-14)21-11(20)8(18)7(10)17/h3-20H,1-2H2/t3-,4+,5+,6-,7+,8-,9-,10+,11+,12-/m0/s1. The van der Waals surface area contributed by atoms with Crippen LogP contribution < -0.4 is 0 Å². The van der Waals surface area contributed by atoms with Crippen LogP contribution >= 0.6 is 11.8 Å². The molecule has 136 valence electrons. The Labute approximate surface area is 135 Å². The summed E-state index contributed by atoms with van der Waals surface area (Å²) in [5, 5.41) is 76.0. The lowest BCUT2D eigenvalue weighted by atomic mass is 10.0. The monoisotopic (exact) mass is 358 g/mol. The molecule has 11 heteroatoms. The van der Waals surface area contributed by atoms with Crippen LogP contribution in [0, 0.1) is 0 Å². The van der Waals surface area contributed by atoms with Gasteiger partial charge in [-0.15, -0.1) is 11.8 Å². The summed E-state index contributed by atoms with van der Waals surface area (Å²) in [7, 11) is 0. The predicted octanol–water partition coefficient (Wildman–Crippen LogP) is -4.68. The van der Waals surface area contributed by atoms with Gasteiger partial charge in [0.1, 0.15) is 36.0 Å². The number of ether oxygens (including phenoxy) is 2. The molecule has 0 aromatic rings. The summed E-state index contributed by atoms with van der Waals surface area (Å²) in [6.45, 7) is -1.17. The van der Waals surface area contributed by atoms with Crippen molar-refractivity contribution in [2.45, 2.75) is 59.7 Å². The van der Waals surface area contributed by atoms with Crippen molar-refractivity contribution in [3.8, 4) is 0 Å². The van der Waals surface area contributed by atoms with Crippen molar-refractivity contribution in [3.05, 3.63) is 0 Å². The first-order chi connectivity index (χ1) is 10.8. The number of aliphatic hydroxyl groups is 8. The molecule has 0 radical (unpaired) electrons. The molecule has 2 aliphatic rings. The van der Waals surface area contributed by atoms with Crippen molar-refractivity contribution in [1.29, 1.82) is 0 Å². The maximum atomic E-state index is 10.0. The highest BCUT2D eigenvalue weighted by atomic mass is 32.2. The fraction of sp³-hybridized carbons (Fsp3) is 1.00. The van der Waals surface area contributed by atoms with Gasteiger partial charge in [0, 0.05) is 0 Å². The fourth-order valence-corrected chi connectivity index (χ4v) is 4.06. The van der Waals surface area contributed by atoms with E-state index in [0.29, 0.717) is 0 Å². The minimum absolute atomic E-state index is 0.573. The minimum atomic E-state index is -1.67. The van der Waals surface area contributed by atoms with Crippen molar-refractivity contribution in [1.82, 2.24) is 0 Å². The van der Waals surface area contributed by atoms with Gasteiger partial charge in [0.15, 0.2) is 6.29 Å². The molecule has 2 saturated heterocycles. The highest BCUT2D eigenvalue weighted by molar-refractivity contribution is 8.00. The molecule has 0 unspecified atom stereocenters. The van der Waals surface area contributed by atoms with Gasteiger partial charge in [0.05, 0.1) is 30.7 Å². The molecule has 10 atom stereocenters. The topological polar surface area (TPSA) is 180 Å². The maximum Gasteiger partial charge on any atom is 0.183 e. The van der Waals surface area contributed by atoms with Crippen molar-refractivity contribution >= 4 is 11.8 Å². The van der Waals surface area contributed by atoms with Gasteiger partial charge < -0.3 is 50.3 Å². The lowest BCUT2D eigenvalue weighted by Gasteiger charge is -2.44. The van der Waals surface area contributed by atoms with E-state index in [9.17, 15) is 35.7 Å². The van der Waals surface area contributed by atoms with E-state index in [2.05, 4.69) is 0 Å². The van der Waals surface area contributed by atoms with Crippen LogP contribution in [0.2, 0.25) is 0 Å². The molecule has 2 heterocycles. The van der Waals surface area contributed by atoms with E-state index >= 15 is 0 Å². The Hall–Kier alpha value is -0.0500. The highest BCUT2D eigenvalue weighted by Crippen LogP contribution is 2.37. The molecule has 0 saturated carbocycles. The van der Waals surface area contributed by atoms with Gasteiger partial charge in [-0.3, -0.25) is 0 Å². The van der Waals surface area contributed by atoms with Gasteiger partial charge in [-0.2, -0.15) is 0 Å². The normalized spacial score (nSPS) is 51.7. The fourth-order valence-electron chi connectivity index (χ4n) is 2.57. The van der Waals surface area contributed by atoms with Crippen LogP contribution in [0.3, 0.4) is 0 Å². The van der Waals surface area contributed by atoms with E-state index in [1.165, 1.54) is 0 Å². The first kappa shape index (κ1) is 19.3. The summed E-state index contributed by atoms with van der Waals surface area (Å²) in [5.74, 6) is 0. The van der Waals surface area contributed by atoms with Crippen molar-refractivity contribution < 1.29 is 50.3 Å². The maximum absolute atomic E-state index is 10.0. The molecule has 2 aliphatic heterocycles. The first-order valence-electron chi connectivity index (χ1n) is 7.08. The van der Waals surface area contributed by atoms with E-state index < -0.39 is 72.9 Å². The highest BCUT2D eigenvalue weighted by Gasteiger charge is 2.49. The average Bonchev–Trinajstić information content (AvgIpc) is 2.55. The smallest absolute Gasteiger partial charge is 0.183 e. The van der Waals surface area contributed by atoms with Crippen molar-refractivity contribution in [2.75, 3.05) is 13.2 Å². The predicted molar refractivity (Wildman–Crippen MR) is 75.1 cm³/mol.